The highest BCUT2D eigenvalue weighted by Gasteiger charge is 2.32. The molecule has 0 radical (unpaired) electrons. The van der Waals surface area contributed by atoms with Crippen LogP contribution in [0.1, 0.15) is 42.4 Å². The van der Waals surface area contributed by atoms with Gasteiger partial charge in [-0.05, 0) is 68.2 Å². The molecule has 9 heteroatoms. The minimum Gasteiger partial charge on any atom is -0.357 e. The third-order valence-corrected chi connectivity index (χ3v) is 7.46. The maximum absolute atomic E-state index is 13.1. The Bertz CT molecular complexity index is 1190. The summed E-state index contributed by atoms with van der Waals surface area (Å²) >= 11 is 6.37. The highest BCUT2D eigenvalue weighted by Crippen LogP contribution is 2.34. The maximum atomic E-state index is 13.1. The van der Waals surface area contributed by atoms with Gasteiger partial charge in [0.2, 0.25) is 5.91 Å². The van der Waals surface area contributed by atoms with Crippen molar-refractivity contribution < 1.29 is 4.79 Å². The molecule has 2 saturated heterocycles. The Morgan fingerprint density at radius 1 is 1.03 bits per heavy atom. The van der Waals surface area contributed by atoms with Gasteiger partial charge in [-0.25, -0.2) is 4.98 Å². The van der Waals surface area contributed by atoms with E-state index in [0.29, 0.717) is 30.6 Å². The van der Waals surface area contributed by atoms with Crippen LogP contribution in [-0.4, -0.2) is 68.2 Å². The Kier molecular flexibility index (Phi) is 5.71. The fraction of sp³-hybridized carbons (Fsp3) is 0.440. The van der Waals surface area contributed by atoms with Crippen LogP contribution in [0.15, 0.2) is 42.6 Å². The molecule has 1 aromatic carbocycles. The number of likely N-dealkylation sites (tertiary alicyclic amines) is 1. The molecule has 8 nitrogen and oxygen atoms in total. The van der Waals surface area contributed by atoms with E-state index in [1.165, 1.54) is 6.42 Å². The molecular formula is C25H28ClN7O. The molecular weight excluding hydrogens is 450 g/mol. The van der Waals surface area contributed by atoms with Crippen LogP contribution >= 0.6 is 11.6 Å². The van der Waals surface area contributed by atoms with E-state index in [1.54, 1.807) is 0 Å². The number of aromatic nitrogens is 4. The average Bonchev–Trinajstić information content (AvgIpc) is 3.17. The number of fused-ring (bicyclic) bond motifs is 3. The summed E-state index contributed by atoms with van der Waals surface area (Å²) in [7, 11) is 0. The van der Waals surface area contributed by atoms with E-state index in [4.69, 9.17) is 11.6 Å². The van der Waals surface area contributed by atoms with Crippen molar-refractivity contribution in [1.29, 1.82) is 0 Å². The number of carbonyl (C=O) groups excluding carboxylic acids is 1. The van der Waals surface area contributed by atoms with Gasteiger partial charge in [0.15, 0.2) is 5.82 Å². The van der Waals surface area contributed by atoms with Gasteiger partial charge in [0.05, 0.1) is 18.8 Å². The van der Waals surface area contributed by atoms with Crippen molar-refractivity contribution in [2.45, 2.75) is 38.3 Å². The van der Waals surface area contributed by atoms with E-state index in [0.717, 1.165) is 67.7 Å². The average molecular weight is 478 g/mol. The standard InChI is InChI=1S/C25H28ClN7O/c26-20-5-6-21-19(14-20)15-32(24(34)17-30-10-3-11-30)16-23-28-29-25(33(21)23)18-7-12-31(13-8-18)22-4-1-2-9-27-22/h1-2,4-6,9,14,18H,3,7-8,10-13,15-17H2. The number of rotatable bonds is 4. The minimum atomic E-state index is 0.132. The van der Waals surface area contributed by atoms with E-state index in [9.17, 15) is 4.79 Å². The lowest BCUT2D eigenvalue weighted by molar-refractivity contribution is -0.134. The molecule has 0 spiro atoms. The zero-order valence-electron chi connectivity index (χ0n) is 19.1. The fourth-order valence-corrected chi connectivity index (χ4v) is 5.40. The predicted molar refractivity (Wildman–Crippen MR) is 130 cm³/mol. The van der Waals surface area contributed by atoms with Crippen molar-refractivity contribution in [2.75, 3.05) is 37.6 Å². The third-order valence-electron chi connectivity index (χ3n) is 7.22. The number of carbonyl (C=O) groups is 1. The van der Waals surface area contributed by atoms with Crippen molar-refractivity contribution in [3.05, 3.63) is 64.8 Å². The Hall–Kier alpha value is -2.97. The van der Waals surface area contributed by atoms with Gasteiger partial charge in [0, 0.05) is 36.8 Å². The predicted octanol–water partition coefficient (Wildman–Crippen LogP) is 3.25. The highest BCUT2D eigenvalue weighted by molar-refractivity contribution is 6.30. The van der Waals surface area contributed by atoms with Crippen LogP contribution in [0.25, 0.3) is 5.69 Å². The second kappa shape index (κ2) is 9.00. The summed E-state index contributed by atoms with van der Waals surface area (Å²) < 4.78 is 2.18. The van der Waals surface area contributed by atoms with Crippen molar-refractivity contribution in [2.24, 2.45) is 0 Å². The number of anilines is 1. The Morgan fingerprint density at radius 2 is 1.88 bits per heavy atom. The van der Waals surface area contributed by atoms with Gasteiger partial charge < -0.3 is 9.80 Å². The zero-order valence-corrected chi connectivity index (χ0v) is 19.9. The number of hydrogen-bond acceptors (Lipinski definition) is 6. The van der Waals surface area contributed by atoms with Crippen LogP contribution in [0.5, 0.6) is 0 Å². The smallest absolute Gasteiger partial charge is 0.237 e. The molecule has 3 aromatic rings. The Balaban J connectivity index is 1.28. The normalized spacial score (nSPS) is 18.7. The summed E-state index contributed by atoms with van der Waals surface area (Å²) in [5.41, 5.74) is 2.07. The second-order valence-corrected chi connectivity index (χ2v) is 9.85. The quantitative estimate of drug-likeness (QED) is 0.574. The molecule has 0 bridgehead atoms. The van der Waals surface area contributed by atoms with E-state index in [-0.39, 0.29) is 5.91 Å². The molecule has 0 N–H and O–H groups in total. The lowest BCUT2D eigenvalue weighted by Gasteiger charge is -2.32. The van der Waals surface area contributed by atoms with Gasteiger partial charge >= 0.3 is 0 Å². The van der Waals surface area contributed by atoms with Gasteiger partial charge in [0.1, 0.15) is 11.6 Å². The monoisotopic (exact) mass is 477 g/mol. The van der Waals surface area contributed by atoms with Crippen LogP contribution < -0.4 is 4.90 Å². The van der Waals surface area contributed by atoms with Crippen LogP contribution in [0.3, 0.4) is 0 Å². The highest BCUT2D eigenvalue weighted by atomic mass is 35.5. The topological polar surface area (TPSA) is 70.4 Å². The fourth-order valence-electron chi connectivity index (χ4n) is 5.21. The van der Waals surface area contributed by atoms with Crippen LogP contribution in [-0.2, 0) is 17.9 Å². The number of nitrogens with zero attached hydrogens (tertiary/aromatic N) is 7. The maximum Gasteiger partial charge on any atom is 0.237 e. The van der Waals surface area contributed by atoms with E-state index < -0.39 is 0 Å². The SMILES string of the molecule is O=C(CN1CCC1)N1Cc2cc(Cl)ccc2-n2c(nnc2C2CCN(c3ccccn3)CC2)C1. The van der Waals surface area contributed by atoms with Gasteiger partial charge in [-0.3, -0.25) is 14.3 Å². The molecule has 3 aliphatic rings. The molecule has 0 atom stereocenters. The molecule has 2 aromatic heterocycles. The van der Waals surface area contributed by atoms with Gasteiger partial charge in [0.25, 0.3) is 0 Å². The largest absolute Gasteiger partial charge is 0.357 e. The molecule has 176 valence electrons. The van der Waals surface area contributed by atoms with Crippen molar-refractivity contribution in [3.63, 3.8) is 0 Å². The van der Waals surface area contributed by atoms with Crippen LogP contribution in [0.4, 0.5) is 5.82 Å². The molecule has 0 unspecified atom stereocenters. The summed E-state index contributed by atoms with van der Waals surface area (Å²) in [6.45, 7) is 5.31. The van der Waals surface area contributed by atoms with E-state index in [2.05, 4.69) is 35.6 Å². The Morgan fingerprint density at radius 3 is 2.62 bits per heavy atom. The first-order valence-electron chi connectivity index (χ1n) is 12.0. The summed E-state index contributed by atoms with van der Waals surface area (Å²) in [6, 6.07) is 12.0. The van der Waals surface area contributed by atoms with Gasteiger partial charge in [-0.1, -0.05) is 17.7 Å². The minimum absolute atomic E-state index is 0.132. The Labute approximate surface area is 204 Å². The molecule has 0 aliphatic carbocycles. The molecule has 1 amide bonds. The first kappa shape index (κ1) is 21.6. The first-order chi connectivity index (χ1) is 16.7. The van der Waals surface area contributed by atoms with Crippen LogP contribution in [0.2, 0.25) is 5.02 Å². The molecule has 34 heavy (non-hydrogen) atoms. The first-order valence-corrected chi connectivity index (χ1v) is 12.4. The number of piperidine rings is 1. The summed E-state index contributed by atoms with van der Waals surface area (Å²) in [5, 5.41) is 9.92. The molecule has 5 heterocycles. The summed E-state index contributed by atoms with van der Waals surface area (Å²) in [6.07, 6.45) is 4.98. The molecule has 3 aliphatic heterocycles. The van der Waals surface area contributed by atoms with Crippen molar-refractivity contribution in [1.82, 2.24) is 29.5 Å². The molecule has 6 rings (SSSR count). The lowest BCUT2D eigenvalue weighted by Crippen LogP contribution is -2.45. The summed E-state index contributed by atoms with van der Waals surface area (Å²) in [5.74, 6) is 3.26. The second-order valence-electron chi connectivity index (χ2n) is 9.41. The van der Waals surface area contributed by atoms with Crippen molar-refractivity contribution >= 4 is 23.3 Å². The van der Waals surface area contributed by atoms with E-state index >= 15 is 0 Å². The number of pyridine rings is 1. The van der Waals surface area contributed by atoms with Gasteiger partial charge in [-0.2, -0.15) is 0 Å². The van der Waals surface area contributed by atoms with Crippen LogP contribution in [0, 0.1) is 0 Å². The van der Waals surface area contributed by atoms with E-state index in [1.807, 2.05) is 41.4 Å². The number of hydrogen-bond donors (Lipinski definition) is 0. The third kappa shape index (κ3) is 4.05. The molecule has 0 saturated carbocycles. The van der Waals surface area contributed by atoms with Crippen molar-refractivity contribution in [3.8, 4) is 5.69 Å². The van der Waals surface area contributed by atoms with Gasteiger partial charge in [-0.15, -0.1) is 10.2 Å². The lowest BCUT2D eigenvalue weighted by atomic mass is 9.95. The number of benzene rings is 1. The number of halogens is 1. The number of amides is 1. The molecule has 2 fully saturated rings. The zero-order chi connectivity index (χ0) is 23.1. The summed E-state index contributed by atoms with van der Waals surface area (Å²) in [4.78, 5) is 24.0.